The molecule has 1 aromatic rings. The van der Waals surface area contributed by atoms with E-state index in [1.54, 1.807) is 6.92 Å². The molecular formula is C8H10ClNO2. The van der Waals surface area contributed by atoms with Crippen molar-refractivity contribution in [1.29, 1.82) is 0 Å². The normalized spacial score (nSPS) is 10.2. The van der Waals surface area contributed by atoms with E-state index < -0.39 is 5.97 Å². The second-order valence-corrected chi connectivity index (χ2v) is 2.95. The van der Waals surface area contributed by atoms with Crippen LogP contribution >= 0.6 is 11.6 Å². The highest BCUT2D eigenvalue weighted by atomic mass is 35.5. The van der Waals surface area contributed by atoms with Gasteiger partial charge in [0.2, 0.25) is 0 Å². The molecule has 1 heterocycles. The standard InChI is InChI=1S/C8H10ClNO2/c1-3-5-6(9)4(2)10-7(5)8(11)12/h10H,3H2,1-2H3,(H,11,12). The average molecular weight is 188 g/mol. The van der Waals surface area contributed by atoms with E-state index >= 15 is 0 Å². The first-order chi connectivity index (χ1) is 5.57. The van der Waals surface area contributed by atoms with Crippen LogP contribution in [0.3, 0.4) is 0 Å². The van der Waals surface area contributed by atoms with Crippen molar-refractivity contribution < 1.29 is 9.90 Å². The van der Waals surface area contributed by atoms with E-state index in [1.165, 1.54) is 0 Å². The lowest BCUT2D eigenvalue weighted by molar-refractivity contribution is 0.0690. The van der Waals surface area contributed by atoms with E-state index in [4.69, 9.17) is 16.7 Å². The third kappa shape index (κ3) is 1.32. The molecule has 0 bridgehead atoms. The second kappa shape index (κ2) is 3.19. The van der Waals surface area contributed by atoms with Gasteiger partial charge in [-0.15, -0.1) is 0 Å². The molecule has 3 nitrogen and oxygen atoms in total. The van der Waals surface area contributed by atoms with Crippen LogP contribution in [0.1, 0.15) is 28.7 Å². The molecule has 2 N–H and O–H groups in total. The maximum Gasteiger partial charge on any atom is 0.352 e. The van der Waals surface area contributed by atoms with Crippen molar-refractivity contribution in [2.24, 2.45) is 0 Å². The Kier molecular flexibility index (Phi) is 2.43. The number of hydrogen-bond acceptors (Lipinski definition) is 1. The van der Waals surface area contributed by atoms with Crippen molar-refractivity contribution in [1.82, 2.24) is 4.98 Å². The summed E-state index contributed by atoms with van der Waals surface area (Å²) in [5.41, 5.74) is 1.60. The van der Waals surface area contributed by atoms with Crippen LogP contribution in [-0.4, -0.2) is 16.1 Å². The van der Waals surface area contributed by atoms with Crippen LogP contribution in [-0.2, 0) is 6.42 Å². The number of rotatable bonds is 2. The molecule has 1 aromatic heterocycles. The fourth-order valence-corrected chi connectivity index (χ4v) is 1.44. The smallest absolute Gasteiger partial charge is 0.352 e. The first kappa shape index (κ1) is 9.13. The van der Waals surface area contributed by atoms with Gasteiger partial charge in [0.25, 0.3) is 0 Å². The van der Waals surface area contributed by atoms with Crippen LogP contribution in [0.4, 0.5) is 0 Å². The van der Waals surface area contributed by atoms with Crippen molar-refractivity contribution in [3.05, 3.63) is 22.0 Å². The zero-order valence-corrected chi connectivity index (χ0v) is 7.70. The number of carboxylic acid groups (broad SMARTS) is 1. The Morgan fingerprint density at radius 1 is 1.67 bits per heavy atom. The topological polar surface area (TPSA) is 53.1 Å². The molecule has 0 aliphatic carbocycles. The summed E-state index contributed by atoms with van der Waals surface area (Å²) in [7, 11) is 0. The minimum Gasteiger partial charge on any atom is -0.477 e. The van der Waals surface area contributed by atoms with Crippen molar-refractivity contribution in [3.63, 3.8) is 0 Å². The Balaban J connectivity index is 3.29. The summed E-state index contributed by atoms with van der Waals surface area (Å²) in [6.07, 6.45) is 0.630. The first-order valence-corrected chi connectivity index (χ1v) is 4.06. The van der Waals surface area contributed by atoms with Crippen LogP contribution in [0.25, 0.3) is 0 Å². The maximum absolute atomic E-state index is 10.7. The Labute approximate surface area is 75.4 Å². The SMILES string of the molecule is CCc1c(C(=O)O)[nH]c(C)c1Cl. The fraction of sp³-hybridized carbons (Fsp3) is 0.375. The van der Waals surface area contributed by atoms with Crippen LogP contribution in [0.2, 0.25) is 5.02 Å². The zero-order chi connectivity index (χ0) is 9.30. The minimum absolute atomic E-state index is 0.208. The van der Waals surface area contributed by atoms with Crippen molar-refractivity contribution in [2.75, 3.05) is 0 Å². The van der Waals surface area contributed by atoms with Gasteiger partial charge in [-0.05, 0) is 13.3 Å². The molecule has 0 aromatic carbocycles. The Morgan fingerprint density at radius 2 is 2.25 bits per heavy atom. The van der Waals surface area contributed by atoms with Gasteiger partial charge in [0.05, 0.1) is 5.02 Å². The maximum atomic E-state index is 10.7. The summed E-state index contributed by atoms with van der Waals surface area (Å²) in [5.74, 6) is -0.957. The molecule has 0 fully saturated rings. The summed E-state index contributed by atoms with van der Waals surface area (Å²) in [6.45, 7) is 3.63. The minimum atomic E-state index is -0.957. The Hall–Kier alpha value is -0.960. The lowest BCUT2D eigenvalue weighted by atomic mass is 10.2. The average Bonchev–Trinajstić information content (AvgIpc) is 2.29. The highest BCUT2D eigenvalue weighted by Gasteiger charge is 2.16. The molecule has 0 amide bonds. The highest BCUT2D eigenvalue weighted by molar-refractivity contribution is 6.32. The van der Waals surface area contributed by atoms with Gasteiger partial charge in [-0.1, -0.05) is 18.5 Å². The van der Waals surface area contributed by atoms with E-state index in [1.807, 2.05) is 6.92 Å². The summed E-state index contributed by atoms with van der Waals surface area (Å²) >= 11 is 5.86. The summed E-state index contributed by atoms with van der Waals surface area (Å²) in [6, 6.07) is 0. The van der Waals surface area contributed by atoms with E-state index in [-0.39, 0.29) is 5.69 Å². The molecule has 0 atom stereocenters. The highest BCUT2D eigenvalue weighted by Crippen LogP contribution is 2.24. The van der Waals surface area contributed by atoms with Gasteiger partial charge in [0.15, 0.2) is 0 Å². The summed E-state index contributed by atoms with van der Waals surface area (Å²) < 4.78 is 0. The summed E-state index contributed by atoms with van der Waals surface area (Å²) in [5, 5.41) is 9.28. The van der Waals surface area contributed by atoms with Crippen molar-refractivity contribution in [2.45, 2.75) is 20.3 Å². The molecule has 0 saturated carbocycles. The molecule has 0 unspecified atom stereocenters. The van der Waals surface area contributed by atoms with Gasteiger partial charge >= 0.3 is 5.97 Å². The lowest BCUT2D eigenvalue weighted by Gasteiger charge is -1.94. The molecule has 0 radical (unpaired) electrons. The predicted octanol–water partition coefficient (Wildman–Crippen LogP) is 2.24. The van der Waals surface area contributed by atoms with E-state index in [0.717, 1.165) is 0 Å². The lowest BCUT2D eigenvalue weighted by Crippen LogP contribution is -2.00. The van der Waals surface area contributed by atoms with Gasteiger partial charge in [0, 0.05) is 11.3 Å². The van der Waals surface area contributed by atoms with Crippen molar-refractivity contribution >= 4 is 17.6 Å². The van der Waals surface area contributed by atoms with E-state index in [0.29, 0.717) is 22.7 Å². The molecular weight excluding hydrogens is 178 g/mol. The molecule has 4 heteroatoms. The number of aromatic nitrogens is 1. The number of carboxylic acids is 1. The number of aromatic amines is 1. The molecule has 0 aliphatic rings. The number of H-pyrrole nitrogens is 1. The zero-order valence-electron chi connectivity index (χ0n) is 6.94. The molecule has 0 saturated heterocycles. The van der Waals surface area contributed by atoms with Gasteiger partial charge in [-0.2, -0.15) is 0 Å². The van der Waals surface area contributed by atoms with E-state index in [2.05, 4.69) is 4.98 Å². The third-order valence-electron chi connectivity index (χ3n) is 1.78. The number of hydrogen-bond donors (Lipinski definition) is 2. The van der Waals surface area contributed by atoms with Gasteiger partial charge in [-0.3, -0.25) is 0 Å². The van der Waals surface area contributed by atoms with Crippen LogP contribution in [0.5, 0.6) is 0 Å². The quantitative estimate of drug-likeness (QED) is 0.746. The Morgan fingerprint density at radius 3 is 2.58 bits per heavy atom. The van der Waals surface area contributed by atoms with Crippen molar-refractivity contribution in [3.8, 4) is 0 Å². The van der Waals surface area contributed by atoms with Crippen LogP contribution in [0, 0.1) is 6.92 Å². The number of aromatic carboxylic acids is 1. The number of aryl methyl sites for hydroxylation is 1. The van der Waals surface area contributed by atoms with Gasteiger partial charge in [0.1, 0.15) is 5.69 Å². The number of nitrogens with one attached hydrogen (secondary N) is 1. The van der Waals surface area contributed by atoms with Gasteiger partial charge < -0.3 is 10.1 Å². The predicted molar refractivity (Wildman–Crippen MR) is 46.9 cm³/mol. The van der Waals surface area contributed by atoms with E-state index in [9.17, 15) is 4.79 Å². The molecule has 66 valence electrons. The molecule has 1 rings (SSSR count). The third-order valence-corrected chi connectivity index (χ3v) is 2.29. The second-order valence-electron chi connectivity index (χ2n) is 2.58. The molecule has 0 spiro atoms. The van der Waals surface area contributed by atoms with Crippen LogP contribution in [0.15, 0.2) is 0 Å². The molecule has 12 heavy (non-hydrogen) atoms. The fourth-order valence-electron chi connectivity index (χ4n) is 1.17. The Bertz CT molecular complexity index is 317. The number of carbonyl (C=O) groups is 1. The first-order valence-electron chi connectivity index (χ1n) is 3.68. The molecule has 0 aliphatic heterocycles. The van der Waals surface area contributed by atoms with Gasteiger partial charge in [-0.25, -0.2) is 4.79 Å². The summed E-state index contributed by atoms with van der Waals surface area (Å²) in [4.78, 5) is 13.4. The number of halogens is 1. The monoisotopic (exact) mass is 187 g/mol. The largest absolute Gasteiger partial charge is 0.477 e. The van der Waals surface area contributed by atoms with Crippen LogP contribution < -0.4 is 0 Å².